The number of rotatable bonds is 5. The first-order valence-electron chi connectivity index (χ1n) is 6.32. The van der Waals surface area contributed by atoms with Crippen molar-refractivity contribution in [1.82, 2.24) is 0 Å². The van der Waals surface area contributed by atoms with E-state index in [1.807, 2.05) is 48.7 Å². The van der Waals surface area contributed by atoms with E-state index in [0.29, 0.717) is 23.7 Å². The van der Waals surface area contributed by atoms with Crippen LogP contribution in [0.5, 0.6) is 11.5 Å². The zero-order valence-corrected chi connectivity index (χ0v) is 12.3. The van der Waals surface area contributed by atoms with Crippen molar-refractivity contribution in [3.63, 3.8) is 0 Å². The molecule has 4 heteroatoms. The van der Waals surface area contributed by atoms with E-state index in [4.69, 9.17) is 9.47 Å². The van der Waals surface area contributed by atoms with Crippen LogP contribution in [0.3, 0.4) is 0 Å². The molecule has 104 valence electrons. The van der Waals surface area contributed by atoms with Crippen molar-refractivity contribution in [3.8, 4) is 11.5 Å². The summed E-state index contributed by atoms with van der Waals surface area (Å²) in [7, 11) is 0. The molecule has 0 bridgehead atoms. The first-order valence-corrected chi connectivity index (χ1v) is 7.55. The Kier molecular flexibility index (Phi) is 5.07. The molecule has 0 aromatic heterocycles. The number of benzene rings is 2. The van der Waals surface area contributed by atoms with Crippen molar-refractivity contribution in [2.24, 2.45) is 0 Å². The lowest BCUT2D eigenvalue weighted by atomic mass is 10.2. The van der Waals surface area contributed by atoms with Crippen molar-refractivity contribution >= 4 is 17.7 Å². The molecule has 20 heavy (non-hydrogen) atoms. The Balaban J connectivity index is 2.34. The van der Waals surface area contributed by atoms with Crippen molar-refractivity contribution < 1.29 is 14.3 Å². The summed E-state index contributed by atoms with van der Waals surface area (Å²) in [4.78, 5) is 13.0. The van der Waals surface area contributed by atoms with E-state index in [2.05, 4.69) is 0 Å². The second-order valence-corrected chi connectivity index (χ2v) is 4.88. The number of carbonyl (C=O) groups excluding carboxylic acids is 1. The number of carbonyl (C=O) groups is 1. The number of ether oxygens (including phenoxy) is 2. The van der Waals surface area contributed by atoms with Gasteiger partial charge >= 0.3 is 5.97 Å². The highest BCUT2D eigenvalue weighted by atomic mass is 32.2. The Morgan fingerprint density at radius 2 is 1.90 bits per heavy atom. The molecule has 0 unspecified atom stereocenters. The van der Waals surface area contributed by atoms with E-state index in [-0.39, 0.29) is 5.97 Å². The van der Waals surface area contributed by atoms with Crippen LogP contribution < -0.4 is 4.74 Å². The molecular weight excluding hydrogens is 272 g/mol. The highest BCUT2D eigenvalue weighted by molar-refractivity contribution is 7.98. The van der Waals surface area contributed by atoms with Crippen LogP contribution in [0, 0.1) is 0 Å². The first kappa shape index (κ1) is 14.5. The average Bonchev–Trinajstić information content (AvgIpc) is 2.48. The number of hydrogen-bond acceptors (Lipinski definition) is 4. The number of para-hydroxylation sites is 1. The quantitative estimate of drug-likeness (QED) is 0.604. The molecule has 0 amide bonds. The van der Waals surface area contributed by atoms with Crippen LogP contribution in [-0.4, -0.2) is 18.8 Å². The third-order valence-corrected chi connectivity index (χ3v) is 3.38. The van der Waals surface area contributed by atoms with Gasteiger partial charge < -0.3 is 9.47 Å². The van der Waals surface area contributed by atoms with Crippen LogP contribution in [0.25, 0.3) is 0 Å². The lowest BCUT2D eigenvalue weighted by Gasteiger charge is -2.11. The average molecular weight is 288 g/mol. The van der Waals surface area contributed by atoms with Gasteiger partial charge in [-0.1, -0.05) is 18.2 Å². The summed E-state index contributed by atoms with van der Waals surface area (Å²) in [5.41, 5.74) is 0.438. The van der Waals surface area contributed by atoms with E-state index in [0.717, 1.165) is 4.90 Å². The summed E-state index contributed by atoms with van der Waals surface area (Å²) >= 11 is 1.60. The number of esters is 1. The summed E-state index contributed by atoms with van der Waals surface area (Å²) in [5, 5.41) is 0. The zero-order chi connectivity index (χ0) is 14.4. The minimum Gasteiger partial charge on any atom is -0.462 e. The predicted octanol–water partition coefficient (Wildman–Crippen LogP) is 4.38. The van der Waals surface area contributed by atoms with Crippen molar-refractivity contribution in [3.05, 3.63) is 54.1 Å². The minimum absolute atomic E-state index is 0.341. The maximum Gasteiger partial charge on any atom is 0.341 e. The highest BCUT2D eigenvalue weighted by Gasteiger charge is 2.15. The summed E-state index contributed by atoms with van der Waals surface area (Å²) in [5.74, 6) is 0.837. The molecule has 2 rings (SSSR count). The van der Waals surface area contributed by atoms with E-state index in [9.17, 15) is 4.79 Å². The van der Waals surface area contributed by atoms with Crippen LogP contribution >= 0.6 is 11.8 Å². The van der Waals surface area contributed by atoms with Gasteiger partial charge in [-0.2, -0.15) is 0 Å². The molecule has 0 saturated heterocycles. The van der Waals surface area contributed by atoms with Gasteiger partial charge in [-0.3, -0.25) is 0 Å². The maximum atomic E-state index is 11.9. The second-order valence-electron chi connectivity index (χ2n) is 4.00. The third kappa shape index (κ3) is 3.54. The predicted molar refractivity (Wildman–Crippen MR) is 80.7 cm³/mol. The summed E-state index contributed by atoms with van der Waals surface area (Å²) in [6.45, 7) is 2.12. The molecule has 0 spiro atoms. The number of thioether (sulfide) groups is 1. The molecule has 0 aliphatic heterocycles. The summed E-state index contributed by atoms with van der Waals surface area (Å²) in [6, 6.07) is 14.9. The fraction of sp³-hybridized carbons (Fsp3) is 0.188. The van der Waals surface area contributed by atoms with Gasteiger partial charge in [0.1, 0.15) is 17.1 Å². The van der Waals surface area contributed by atoms with Gasteiger partial charge in [0, 0.05) is 4.90 Å². The van der Waals surface area contributed by atoms with Crippen LogP contribution in [0.1, 0.15) is 17.3 Å². The molecule has 2 aromatic carbocycles. The van der Waals surface area contributed by atoms with Crippen molar-refractivity contribution in [1.29, 1.82) is 0 Å². The Morgan fingerprint density at radius 1 is 1.15 bits per heavy atom. The third-order valence-electron chi connectivity index (χ3n) is 2.66. The van der Waals surface area contributed by atoms with Gasteiger partial charge in [-0.05, 0) is 43.5 Å². The molecule has 2 aromatic rings. The van der Waals surface area contributed by atoms with Crippen LogP contribution in [-0.2, 0) is 4.74 Å². The molecule has 0 fully saturated rings. The van der Waals surface area contributed by atoms with E-state index < -0.39 is 0 Å². The zero-order valence-electron chi connectivity index (χ0n) is 11.5. The topological polar surface area (TPSA) is 35.5 Å². The molecule has 0 N–H and O–H groups in total. The van der Waals surface area contributed by atoms with Crippen molar-refractivity contribution in [2.45, 2.75) is 11.8 Å². The Morgan fingerprint density at radius 3 is 2.55 bits per heavy atom. The molecule has 0 aliphatic carbocycles. The van der Waals surface area contributed by atoms with Crippen LogP contribution in [0.4, 0.5) is 0 Å². The maximum absolute atomic E-state index is 11.9. The smallest absolute Gasteiger partial charge is 0.341 e. The molecular formula is C16H16O3S. The molecule has 3 nitrogen and oxygen atoms in total. The Labute approximate surface area is 122 Å². The molecule has 0 heterocycles. The van der Waals surface area contributed by atoms with E-state index in [1.165, 1.54) is 0 Å². The SMILES string of the molecule is CCOC(=O)c1ccc(SC)cc1Oc1ccccc1. The van der Waals surface area contributed by atoms with E-state index in [1.54, 1.807) is 24.8 Å². The lowest BCUT2D eigenvalue weighted by molar-refractivity contribution is 0.0523. The largest absolute Gasteiger partial charge is 0.462 e. The van der Waals surface area contributed by atoms with E-state index >= 15 is 0 Å². The van der Waals surface area contributed by atoms with Crippen LogP contribution in [0.2, 0.25) is 0 Å². The van der Waals surface area contributed by atoms with Gasteiger partial charge in [-0.15, -0.1) is 11.8 Å². The normalized spacial score (nSPS) is 10.1. The fourth-order valence-corrected chi connectivity index (χ4v) is 2.14. The summed E-state index contributed by atoms with van der Waals surface area (Å²) in [6.07, 6.45) is 1.98. The number of hydrogen-bond donors (Lipinski definition) is 0. The minimum atomic E-state index is -0.369. The monoisotopic (exact) mass is 288 g/mol. The molecule has 0 aliphatic rings. The van der Waals surface area contributed by atoms with Gasteiger partial charge in [0.25, 0.3) is 0 Å². The van der Waals surface area contributed by atoms with Crippen LogP contribution in [0.15, 0.2) is 53.4 Å². The lowest BCUT2D eigenvalue weighted by Crippen LogP contribution is -2.06. The Bertz CT molecular complexity index is 582. The molecule has 0 radical (unpaired) electrons. The van der Waals surface area contributed by atoms with Crippen molar-refractivity contribution in [2.75, 3.05) is 12.9 Å². The highest BCUT2D eigenvalue weighted by Crippen LogP contribution is 2.30. The molecule has 0 saturated carbocycles. The van der Waals surface area contributed by atoms with Gasteiger partial charge in [0.2, 0.25) is 0 Å². The summed E-state index contributed by atoms with van der Waals surface area (Å²) < 4.78 is 10.9. The standard InChI is InChI=1S/C16H16O3S/c1-3-18-16(17)14-10-9-13(20-2)11-15(14)19-12-7-5-4-6-8-12/h4-11H,3H2,1-2H3. The fourth-order valence-electron chi connectivity index (χ4n) is 1.71. The second kappa shape index (κ2) is 7.01. The first-order chi connectivity index (χ1) is 9.74. The van der Waals surface area contributed by atoms with Gasteiger partial charge in [0.05, 0.1) is 6.61 Å². The Hall–Kier alpha value is -1.94. The van der Waals surface area contributed by atoms with Gasteiger partial charge in [0.15, 0.2) is 0 Å². The van der Waals surface area contributed by atoms with Gasteiger partial charge in [-0.25, -0.2) is 4.79 Å². The molecule has 0 atom stereocenters.